The molecule has 1 heterocycles. The van der Waals surface area contributed by atoms with Crippen molar-refractivity contribution in [3.63, 3.8) is 0 Å². The van der Waals surface area contributed by atoms with Crippen molar-refractivity contribution >= 4 is 31.5 Å². The van der Waals surface area contributed by atoms with Gasteiger partial charge in [0.05, 0.1) is 0 Å². The fraction of sp³-hybridized carbons (Fsp3) is 0.182. The third-order valence-electron chi connectivity index (χ3n) is 5.41. The maximum Gasteiger partial charge on any atom is 0.0358 e. The summed E-state index contributed by atoms with van der Waals surface area (Å²) in [6.45, 7) is 6.95. The van der Waals surface area contributed by atoms with Gasteiger partial charge in [-0.05, 0) is 52.9 Å². The van der Waals surface area contributed by atoms with Gasteiger partial charge in [-0.1, -0.05) is 50.2 Å². The number of hydrogen-bond donors (Lipinski definition) is 0. The largest absolute Gasteiger partial charge is 0.135 e. The third-order valence-corrected chi connectivity index (χ3v) is 6.54. The van der Waals surface area contributed by atoms with Crippen molar-refractivity contribution in [3.05, 3.63) is 71.3 Å². The minimum atomic E-state index is 0.0844. The smallest absolute Gasteiger partial charge is 0.0358 e. The van der Waals surface area contributed by atoms with Gasteiger partial charge in [-0.2, -0.15) is 0 Å². The van der Waals surface area contributed by atoms with E-state index in [0.29, 0.717) is 0 Å². The van der Waals surface area contributed by atoms with Gasteiger partial charge >= 0.3 is 0 Å². The summed E-state index contributed by atoms with van der Waals surface area (Å²) in [5, 5.41) is 2.78. The lowest BCUT2D eigenvalue weighted by Crippen LogP contribution is -2.14. The van der Waals surface area contributed by atoms with Crippen molar-refractivity contribution in [1.82, 2.24) is 0 Å². The van der Waals surface area contributed by atoms with E-state index in [1.54, 1.807) is 0 Å². The Labute approximate surface area is 140 Å². The second-order valence-electron chi connectivity index (χ2n) is 7.11. The van der Waals surface area contributed by atoms with E-state index in [9.17, 15) is 0 Å². The van der Waals surface area contributed by atoms with Crippen molar-refractivity contribution in [3.8, 4) is 11.1 Å². The summed E-state index contributed by atoms with van der Waals surface area (Å²) >= 11 is 1.91. The average molecular weight is 314 g/mol. The van der Waals surface area contributed by atoms with Crippen LogP contribution in [-0.4, -0.2) is 0 Å². The van der Waals surface area contributed by atoms with Crippen LogP contribution >= 0.6 is 11.3 Å². The molecular weight excluding hydrogens is 296 g/mol. The minimum absolute atomic E-state index is 0.0844. The van der Waals surface area contributed by atoms with Crippen molar-refractivity contribution in [1.29, 1.82) is 0 Å². The Morgan fingerprint density at radius 2 is 1.61 bits per heavy atom. The zero-order valence-electron chi connectivity index (χ0n) is 13.6. The molecular formula is C22H18S. The first-order chi connectivity index (χ1) is 11.1. The molecule has 0 fully saturated rings. The van der Waals surface area contributed by atoms with Crippen molar-refractivity contribution < 1.29 is 0 Å². The summed E-state index contributed by atoms with van der Waals surface area (Å²) in [7, 11) is 0. The van der Waals surface area contributed by atoms with Crippen LogP contribution < -0.4 is 0 Å². The maximum absolute atomic E-state index is 2.44. The molecule has 0 bridgehead atoms. The topological polar surface area (TPSA) is 0 Å². The van der Waals surface area contributed by atoms with Gasteiger partial charge in [0, 0.05) is 25.6 Å². The number of rotatable bonds is 0. The van der Waals surface area contributed by atoms with Crippen LogP contribution in [0.1, 0.15) is 30.5 Å². The molecule has 3 aromatic carbocycles. The molecule has 5 rings (SSSR count). The number of fused-ring (bicyclic) bond motifs is 6. The molecule has 112 valence electrons. The average Bonchev–Trinajstić information content (AvgIpc) is 3.01. The first-order valence-electron chi connectivity index (χ1n) is 8.13. The summed E-state index contributed by atoms with van der Waals surface area (Å²) in [6.07, 6.45) is 0. The van der Waals surface area contributed by atoms with Crippen molar-refractivity contribution in [2.24, 2.45) is 0 Å². The summed E-state index contributed by atoms with van der Waals surface area (Å²) in [5.74, 6) is 0. The third kappa shape index (κ3) is 1.61. The van der Waals surface area contributed by atoms with E-state index in [4.69, 9.17) is 0 Å². The summed E-state index contributed by atoms with van der Waals surface area (Å²) in [6, 6.07) is 20.4. The van der Waals surface area contributed by atoms with Gasteiger partial charge in [-0.15, -0.1) is 11.3 Å². The second-order valence-corrected chi connectivity index (χ2v) is 8.20. The molecule has 0 aliphatic heterocycles. The molecule has 0 atom stereocenters. The van der Waals surface area contributed by atoms with E-state index in [0.717, 1.165) is 0 Å². The highest BCUT2D eigenvalue weighted by Gasteiger charge is 2.36. The summed E-state index contributed by atoms with van der Waals surface area (Å²) in [4.78, 5) is 0. The summed E-state index contributed by atoms with van der Waals surface area (Å²) < 4.78 is 2.79. The maximum atomic E-state index is 2.44. The number of aryl methyl sites for hydroxylation is 1. The molecule has 0 nitrogen and oxygen atoms in total. The van der Waals surface area contributed by atoms with Gasteiger partial charge in [0.1, 0.15) is 0 Å². The Bertz CT molecular complexity index is 1100. The number of hydrogen-bond acceptors (Lipinski definition) is 1. The molecule has 4 aromatic rings. The first kappa shape index (κ1) is 13.3. The first-order valence-corrected chi connectivity index (χ1v) is 8.95. The zero-order chi connectivity index (χ0) is 15.8. The van der Waals surface area contributed by atoms with Gasteiger partial charge in [-0.3, -0.25) is 0 Å². The molecule has 0 spiro atoms. The van der Waals surface area contributed by atoms with Gasteiger partial charge in [-0.25, -0.2) is 0 Å². The van der Waals surface area contributed by atoms with Crippen LogP contribution in [0.15, 0.2) is 54.6 Å². The van der Waals surface area contributed by atoms with E-state index < -0.39 is 0 Å². The zero-order valence-corrected chi connectivity index (χ0v) is 14.4. The van der Waals surface area contributed by atoms with Crippen LogP contribution in [0, 0.1) is 6.92 Å². The molecule has 0 amide bonds. The van der Waals surface area contributed by atoms with E-state index in [-0.39, 0.29) is 5.41 Å². The Morgan fingerprint density at radius 1 is 0.783 bits per heavy atom. The fourth-order valence-corrected chi connectivity index (χ4v) is 5.31. The molecule has 23 heavy (non-hydrogen) atoms. The summed E-state index contributed by atoms with van der Waals surface area (Å²) in [5.41, 5.74) is 7.29. The van der Waals surface area contributed by atoms with E-state index in [2.05, 4.69) is 75.4 Å². The fourth-order valence-electron chi connectivity index (χ4n) is 4.19. The van der Waals surface area contributed by atoms with Crippen LogP contribution in [0.3, 0.4) is 0 Å². The molecule has 0 N–H and O–H groups in total. The standard InChI is InChI=1S/C22H18S/c1-13-7-6-9-17-21(13)16-11-15-14-8-4-5-10-19(14)23-20(15)12-18(16)22(17,2)3/h4-12H,1-3H3. The molecule has 0 radical (unpaired) electrons. The molecule has 1 aromatic heterocycles. The van der Waals surface area contributed by atoms with Gasteiger partial charge in [0.2, 0.25) is 0 Å². The van der Waals surface area contributed by atoms with Crippen LogP contribution in [0.5, 0.6) is 0 Å². The number of benzene rings is 3. The molecule has 1 heteroatoms. The lowest BCUT2D eigenvalue weighted by atomic mass is 9.82. The van der Waals surface area contributed by atoms with Crippen LogP contribution in [0.2, 0.25) is 0 Å². The van der Waals surface area contributed by atoms with E-state index in [1.807, 2.05) is 11.3 Å². The Kier molecular flexibility index (Phi) is 2.46. The lowest BCUT2D eigenvalue weighted by molar-refractivity contribution is 0.661. The SMILES string of the molecule is Cc1cccc2c1-c1cc3c(cc1C2(C)C)sc1ccccc13. The highest BCUT2D eigenvalue weighted by molar-refractivity contribution is 7.25. The van der Waals surface area contributed by atoms with Crippen LogP contribution in [0.4, 0.5) is 0 Å². The number of thiophene rings is 1. The Hall–Kier alpha value is -2.12. The lowest BCUT2D eigenvalue weighted by Gasteiger charge is -2.21. The highest BCUT2D eigenvalue weighted by atomic mass is 32.1. The highest BCUT2D eigenvalue weighted by Crippen LogP contribution is 2.52. The van der Waals surface area contributed by atoms with E-state index in [1.165, 1.54) is 48.0 Å². The van der Waals surface area contributed by atoms with Crippen molar-refractivity contribution in [2.75, 3.05) is 0 Å². The quantitative estimate of drug-likeness (QED) is 0.340. The van der Waals surface area contributed by atoms with Gasteiger partial charge in [0.25, 0.3) is 0 Å². The molecule has 0 saturated heterocycles. The minimum Gasteiger partial charge on any atom is -0.135 e. The second kappa shape index (κ2) is 4.24. The predicted molar refractivity (Wildman–Crippen MR) is 102 cm³/mol. The normalized spacial score (nSPS) is 15.1. The van der Waals surface area contributed by atoms with E-state index >= 15 is 0 Å². The van der Waals surface area contributed by atoms with Gasteiger partial charge < -0.3 is 0 Å². The Morgan fingerprint density at radius 3 is 2.48 bits per heavy atom. The predicted octanol–water partition coefficient (Wildman–Crippen LogP) is 6.67. The molecule has 1 aliphatic rings. The molecule has 0 unspecified atom stereocenters. The van der Waals surface area contributed by atoms with Crippen molar-refractivity contribution in [2.45, 2.75) is 26.2 Å². The van der Waals surface area contributed by atoms with Gasteiger partial charge in [0.15, 0.2) is 0 Å². The molecule has 1 aliphatic carbocycles. The molecule has 0 saturated carbocycles. The Balaban J connectivity index is 1.97. The van der Waals surface area contributed by atoms with Crippen LogP contribution in [-0.2, 0) is 5.41 Å². The monoisotopic (exact) mass is 314 g/mol. The van der Waals surface area contributed by atoms with Crippen LogP contribution in [0.25, 0.3) is 31.3 Å².